The Morgan fingerprint density at radius 3 is 2.70 bits per heavy atom. The van der Waals surface area contributed by atoms with Crippen molar-refractivity contribution in [2.45, 2.75) is 19.8 Å². The maximum Gasteiger partial charge on any atom is 0.146 e. The number of hydrogen-bond donors (Lipinski definition) is 0. The van der Waals surface area contributed by atoms with Gasteiger partial charge in [0.1, 0.15) is 18.0 Å². The lowest BCUT2D eigenvalue weighted by molar-refractivity contribution is 0.152. The third-order valence-electron chi connectivity index (χ3n) is 4.25. The van der Waals surface area contributed by atoms with E-state index in [0.29, 0.717) is 17.5 Å². The van der Waals surface area contributed by atoms with Crippen molar-refractivity contribution in [2.75, 3.05) is 51.3 Å². The zero-order valence-electron chi connectivity index (χ0n) is 13.9. The molecule has 2 rings (SSSR count). The maximum atomic E-state index is 9.57. The Bertz CT molecular complexity index is 617. The number of rotatable bonds is 5. The van der Waals surface area contributed by atoms with Crippen LogP contribution in [0.4, 0.5) is 5.82 Å². The first-order chi connectivity index (χ1) is 11.2. The molecule has 0 bridgehead atoms. The summed E-state index contributed by atoms with van der Waals surface area (Å²) in [5.74, 6) is 0.719. The lowest BCUT2D eigenvalue weighted by atomic mass is 10.0. The predicted octanol–water partition coefficient (Wildman–Crippen LogP) is 1.55. The molecule has 1 saturated heterocycles. The molecule has 0 aliphatic carbocycles. The first-order valence-electron chi connectivity index (χ1n) is 8.03. The van der Waals surface area contributed by atoms with Gasteiger partial charge in [-0.25, -0.2) is 4.98 Å². The van der Waals surface area contributed by atoms with E-state index >= 15 is 0 Å². The van der Waals surface area contributed by atoms with Gasteiger partial charge in [0.25, 0.3) is 0 Å². The van der Waals surface area contributed by atoms with Gasteiger partial charge in [-0.2, -0.15) is 10.5 Å². The van der Waals surface area contributed by atoms with Gasteiger partial charge in [0, 0.05) is 39.5 Å². The predicted molar refractivity (Wildman–Crippen MR) is 88.2 cm³/mol. The van der Waals surface area contributed by atoms with Crippen LogP contribution in [0.15, 0.2) is 6.20 Å². The smallest absolute Gasteiger partial charge is 0.146 e. The van der Waals surface area contributed by atoms with E-state index in [9.17, 15) is 10.5 Å². The van der Waals surface area contributed by atoms with E-state index in [0.717, 1.165) is 57.1 Å². The topological polar surface area (TPSA) is 76.2 Å². The molecule has 0 amide bonds. The van der Waals surface area contributed by atoms with Crippen molar-refractivity contribution >= 4 is 5.82 Å². The fraction of sp³-hybridized carbons (Fsp3) is 0.588. The van der Waals surface area contributed by atoms with Gasteiger partial charge in [-0.05, 0) is 24.9 Å². The second-order valence-corrected chi connectivity index (χ2v) is 5.60. The summed E-state index contributed by atoms with van der Waals surface area (Å²) in [6.45, 7) is 7.29. The molecule has 6 nitrogen and oxygen atoms in total. The largest absolute Gasteiger partial charge is 0.383 e. The van der Waals surface area contributed by atoms with Crippen molar-refractivity contribution in [2.24, 2.45) is 0 Å². The van der Waals surface area contributed by atoms with Crippen molar-refractivity contribution in [3.8, 4) is 12.1 Å². The molecule has 1 aromatic heterocycles. The van der Waals surface area contributed by atoms with E-state index < -0.39 is 0 Å². The number of ether oxygens (including phenoxy) is 1. The average Bonchev–Trinajstić information content (AvgIpc) is 2.83. The number of anilines is 1. The van der Waals surface area contributed by atoms with E-state index in [1.165, 1.54) is 0 Å². The van der Waals surface area contributed by atoms with Gasteiger partial charge in [-0.3, -0.25) is 4.90 Å². The first-order valence-corrected chi connectivity index (χ1v) is 8.03. The monoisotopic (exact) mass is 313 g/mol. The number of nitrogens with zero attached hydrogens (tertiary/aromatic N) is 5. The lowest BCUT2D eigenvalue weighted by Gasteiger charge is -2.24. The van der Waals surface area contributed by atoms with Crippen LogP contribution in [-0.2, 0) is 11.2 Å². The van der Waals surface area contributed by atoms with Crippen LogP contribution in [0.5, 0.6) is 0 Å². The maximum absolute atomic E-state index is 9.57. The molecule has 1 aliphatic rings. The standard InChI is InChI=1S/C17H23N5O/c1-3-15-14(11-18)13-20-17(16(15)12-19)22-6-4-5-21(7-8-22)9-10-23-2/h13H,3-10H2,1-2H3. The molecular formula is C17H23N5O. The van der Waals surface area contributed by atoms with Crippen LogP contribution in [0.3, 0.4) is 0 Å². The summed E-state index contributed by atoms with van der Waals surface area (Å²) in [6, 6.07) is 4.40. The van der Waals surface area contributed by atoms with Crippen molar-refractivity contribution in [3.05, 3.63) is 22.9 Å². The van der Waals surface area contributed by atoms with Crippen LogP contribution < -0.4 is 4.90 Å². The zero-order valence-corrected chi connectivity index (χ0v) is 13.9. The number of methoxy groups -OCH3 is 1. The molecule has 1 aliphatic heterocycles. The highest BCUT2D eigenvalue weighted by Gasteiger charge is 2.21. The van der Waals surface area contributed by atoms with Crippen LogP contribution in [0, 0.1) is 22.7 Å². The first kappa shape index (κ1) is 17.2. The van der Waals surface area contributed by atoms with Gasteiger partial charge in [-0.1, -0.05) is 6.92 Å². The molecule has 0 unspecified atom stereocenters. The molecule has 0 spiro atoms. The molecule has 122 valence electrons. The van der Waals surface area contributed by atoms with Crippen LogP contribution in [-0.4, -0.2) is 56.3 Å². The van der Waals surface area contributed by atoms with Crippen molar-refractivity contribution in [3.63, 3.8) is 0 Å². The van der Waals surface area contributed by atoms with Gasteiger partial charge in [0.2, 0.25) is 0 Å². The molecule has 6 heteroatoms. The molecule has 0 radical (unpaired) electrons. The molecule has 1 fully saturated rings. The Morgan fingerprint density at radius 1 is 1.22 bits per heavy atom. The van der Waals surface area contributed by atoms with Gasteiger partial charge in [0.15, 0.2) is 0 Å². The van der Waals surface area contributed by atoms with Crippen LogP contribution in [0.2, 0.25) is 0 Å². The third-order valence-corrected chi connectivity index (χ3v) is 4.25. The van der Waals surface area contributed by atoms with Crippen LogP contribution >= 0.6 is 0 Å². The number of hydrogen-bond acceptors (Lipinski definition) is 6. The fourth-order valence-corrected chi connectivity index (χ4v) is 2.99. The fourth-order valence-electron chi connectivity index (χ4n) is 2.99. The number of nitriles is 2. The van der Waals surface area contributed by atoms with Crippen molar-refractivity contribution < 1.29 is 4.74 Å². The quantitative estimate of drug-likeness (QED) is 0.821. The Morgan fingerprint density at radius 2 is 2.04 bits per heavy atom. The van der Waals surface area contributed by atoms with E-state index in [-0.39, 0.29) is 0 Å². The molecular weight excluding hydrogens is 290 g/mol. The highest BCUT2D eigenvalue weighted by atomic mass is 16.5. The lowest BCUT2D eigenvalue weighted by Crippen LogP contribution is -2.33. The summed E-state index contributed by atoms with van der Waals surface area (Å²) >= 11 is 0. The Labute approximate surface area is 137 Å². The second kappa shape index (κ2) is 8.47. The van der Waals surface area contributed by atoms with Gasteiger partial charge >= 0.3 is 0 Å². The third kappa shape index (κ3) is 3.98. The van der Waals surface area contributed by atoms with Crippen LogP contribution in [0.25, 0.3) is 0 Å². The second-order valence-electron chi connectivity index (χ2n) is 5.60. The molecule has 23 heavy (non-hydrogen) atoms. The molecule has 0 atom stereocenters. The zero-order chi connectivity index (χ0) is 16.7. The summed E-state index contributed by atoms with van der Waals surface area (Å²) < 4.78 is 5.15. The number of aromatic nitrogens is 1. The van der Waals surface area contributed by atoms with Crippen molar-refractivity contribution in [1.29, 1.82) is 10.5 Å². The summed E-state index contributed by atoms with van der Waals surface area (Å²) in [5.41, 5.74) is 1.86. The minimum absolute atomic E-state index is 0.504. The minimum atomic E-state index is 0.504. The highest BCUT2D eigenvalue weighted by Crippen LogP contribution is 2.25. The van der Waals surface area contributed by atoms with Gasteiger partial charge in [-0.15, -0.1) is 0 Å². The van der Waals surface area contributed by atoms with Crippen LogP contribution in [0.1, 0.15) is 30.0 Å². The van der Waals surface area contributed by atoms with E-state index in [1.54, 1.807) is 13.3 Å². The number of pyridine rings is 1. The molecule has 0 N–H and O–H groups in total. The molecule has 2 heterocycles. The van der Waals surface area contributed by atoms with E-state index in [1.807, 2.05) is 6.92 Å². The average molecular weight is 313 g/mol. The molecule has 0 aromatic carbocycles. The Kier molecular flexibility index (Phi) is 6.34. The highest BCUT2D eigenvalue weighted by molar-refractivity contribution is 5.61. The molecule has 0 saturated carbocycles. The summed E-state index contributed by atoms with van der Waals surface area (Å²) in [5, 5.41) is 18.8. The Hall–Kier alpha value is -2.15. The normalized spacial score (nSPS) is 15.7. The summed E-state index contributed by atoms with van der Waals surface area (Å²) in [4.78, 5) is 8.97. The minimum Gasteiger partial charge on any atom is -0.383 e. The van der Waals surface area contributed by atoms with E-state index in [4.69, 9.17) is 4.74 Å². The Balaban J connectivity index is 2.22. The van der Waals surface area contributed by atoms with Gasteiger partial charge < -0.3 is 9.64 Å². The SMILES string of the molecule is CCc1c(C#N)cnc(N2CCCN(CCOC)CC2)c1C#N. The van der Waals surface area contributed by atoms with E-state index in [2.05, 4.69) is 26.9 Å². The summed E-state index contributed by atoms with van der Waals surface area (Å²) in [6.07, 6.45) is 3.29. The summed E-state index contributed by atoms with van der Waals surface area (Å²) in [7, 11) is 1.72. The van der Waals surface area contributed by atoms with Crippen molar-refractivity contribution in [1.82, 2.24) is 9.88 Å². The van der Waals surface area contributed by atoms with Gasteiger partial charge in [0.05, 0.1) is 17.7 Å². The molecule has 1 aromatic rings.